The molecule has 0 N–H and O–H groups in total. The van der Waals surface area contributed by atoms with Gasteiger partial charge in [0, 0.05) is 17.8 Å². The Labute approximate surface area is 214 Å². The van der Waals surface area contributed by atoms with Crippen LogP contribution in [-0.4, -0.2) is 49.7 Å². The highest BCUT2D eigenvalue weighted by Crippen LogP contribution is 2.49. The van der Waals surface area contributed by atoms with Crippen molar-refractivity contribution in [2.75, 3.05) is 9.80 Å². The summed E-state index contributed by atoms with van der Waals surface area (Å²) in [6.45, 7) is 0. The number of non-ortho nitro benzene ring substituents is 1. The fraction of sp³-hybridized carbons (Fsp3) is 0.148. The van der Waals surface area contributed by atoms with Crippen LogP contribution in [0.5, 0.6) is 0 Å². The monoisotopic (exact) mass is 506 g/mol. The number of nitro groups is 1. The Morgan fingerprint density at radius 3 is 2.39 bits per heavy atom. The van der Waals surface area contributed by atoms with Crippen molar-refractivity contribution in [3.05, 3.63) is 94.6 Å². The van der Waals surface area contributed by atoms with Gasteiger partial charge in [-0.1, -0.05) is 47.7 Å². The van der Waals surface area contributed by atoms with E-state index in [4.69, 9.17) is 0 Å². The first-order chi connectivity index (χ1) is 18.5. The number of aromatic nitrogens is 3. The van der Waals surface area contributed by atoms with E-state index in [1.807, 2.05) is 41.3 Å². The number of anilines is 2. The first kappa shape index (κ1) is 22.0. The van der Waals surface area contributed by atoms with Crippen LogP contribution in [0, 0.1) is 22.0 Å². The maximum Gasteiger partial charge on any atom is 0.272 e. The van der Waals surface area contributed by atoms with Gasteiger partial charge < -0.3 is 4.90 Å². The quantitative estimate of drug-likeness (QED) is 0.235. The molecule has 0 spiro atoms. The normalized spacial score (nSPS) is 23.5. The number of amides is 2. The lowest BCUT2D eigenvalue weighted by Gasteiger charge is -2.36. The average molecular weight is 506 g/mol. The van der Waals surface area contributed by atoms with Gasteiger partial charge in [0.2, 0.25) is 11.8 Å². The van der Waals surface area contributed by atoms with Crippen molar-refractivity contribution in [2.24, 2.45) is 11.8 Å². The molecule has 4 atom stereocenters. The average Bonchev–Trinajstić information content (AvgIpc) is 3.59. The highest BCUT2D eigenvalue weighted by molar-refractivity contribution is 6.25. The summed E-state index contributed by atoms with van der Waals surface area (Å²) in [5, 5.41) is 19.3. The number of carbonyl (C=O) groups excluding carboxylic acids is 3. The van der Waals surface area contributed by atoms with E-state index in [1.54, 1.807) is 24.3 Å². The number of hydrogen-bond donors (Lipinski definition) is 0. The maximum atomic E-state index is 14.2. The molecule has 2 saturated heterocycles. The third kappa shape index (κ3) is 2.92. The molecule has 186 valence electrons. The van der Waals surface area contributed by atoms with E-state index in [2.05, 4.69) is 10.3 Å². The SMILES string of the molecule is O=C1[C@@H]2[C@H](C(=O)N1c1ccc([N+](=O)[O-])cc1)[C@H](C(=O)n1nnc3ccccc31)N1c3ccccc3C=C[C@H]21. The molecule has 7 rings (SSSR count). The molecule has 2 amide bonds. The third-order valence-electron chi connectivity index (χ3n) is 7.55. The summed E-state index contributed by atoms with van der Waals surface area (Å²) in [4.78, 5) is 55.4. The first-order valence-electron chi connectivity index (χ1n) is 12.0. The highest BCUT2D eigenvalue weighted by atomic mass is 16.6. The Kier molecular flexibility index (Phi) is 4.58. The van der Waals surface area contributed by atoms with Crippen LogP contribution in [0.4, 0.5) is 17.1 Å². The minimum Gasteiger partial charge on any atom is -0.351 e. The van der Waals surface area contributed by atoms with Gasteiger partial charge in [0.1, 0.15) is 11.6 Å². The zero-order valence-corrected chi connectivity index (χ0v) is 19.6. The highest BCUT2D eigenvalue weighted by Gasteiger charge is 2.64. The Balaban J connectivity index is 1.37. The van der Waals surface area contributed by atoms with Crippen molar-refractivity contribution in [2.45, 2.75) is 12.1 Å². The molecule has 2 fully saturated rings. The summed E-state index contributed by atoms with van der Waals surface area (Å²) in [6.07, 6.45) is 3.76. The number of benzene rings is 3. The molecular formula is C27H18N6O5. The Hall–Kier alpha value is -5.19. The minimum atomic E-state index is -1.03. The number of rotatable bonds is 3. The molecule has 38 heavy (non-hydrogen) atoms. The summed E-state index contributed by atoms with van der Waals surface area (Å²) in [5.41, 5.74) is 2.73. The molecule has 0 bridgehead atoms. The molecule has 11 nitrogen and oxygen atoms in total. The van der Waals surface area contributed by atoms with E-state index in [0.717, 1.165) is 16.2 Å². The van der Waals surface area contributed by atoms with E-state index in [1.165, 1.54) is 28.9 Å². The van der Waals surface area contributed by atoms with Gasteiger partial charge in [-0.25, -0.2) is 4.90 Å². The number of carbonyl (C=O) groups is 3. The molecule has 4 heterocycles. The van der Waals surface area contributed by atoms with Crippen molar-refractivity contribution in [3.63, 3.8) is 0 Å². The molecule has 1 aromatic heterocycles. The largest absolute Gasteiger partial charge is 0.351 e. The lowest BCUT2D eigenvalue weighted by Crippen LogP contribution is -2.50. The molecule has 3 aromatic carbocycles. The van der Waals surface area contributed by atoms with E-state index >= 15 is 0 Å². The predicted molar refractivity (Wildman–Crippen MR) is 136 cm³/mol. The van der Waals surface area contributed by atoms with Crippen LogP contribution in [0.2, 0.25) is 0 Å². The number of para-hydroxylation sites is 2. The van der Waals surface area contributed by atoms with E-state index in [0.29, 0.717) is 11.0 Å². The molecule has 0 saturated carbocycles. The third-order valence-corrected chi connectivity index (χ3v) is 7.55. The van der Waals surface area contributed by atoms with Gasteiger partial charge in [-0.05, 0) is 35.9 Å². The number of hydrogen-bond acceptors (Lipinski definition) is 8. The molecular weight excluding hydrogens is 488 g/mol. The van der Waals surface area contributed by atoms with E-state index in [-0.39, 0.29) is 11.4 Å². The van der Waals surface area contributed by atoms with Gasteiger partial charge in [0.25, 0.3) is 11.6 Å². The Morgan fingerprint density at radius 1 is 0.895 bits per heavy atom. The fourth-order valence-corrected chi connectivity index (χ4v) is 5.93. The number of imide groups is 1. The zero-order valence-electron chi connectivity index (χ0n) is 19.6. The smallest absolute Gasteiger partial charge is 0.272 e. The Morgan fingerprint density at radius 2 is 1.61 bits per heavy atom. The molecule has 0 aliphatic carbocycles. The predicted octanol–water partition coefficient (Wildman–Crippen LogP) is 3.07. The minimum absolute atomic E-state index is 0.155. The number of fused-ring (bicyclic) bond motifs is 6. The fourth-order valence-electron chi connectivity index (χ4n) is 5.93. The van der Waals surface area contributed by atoms with Gasteiger partial charge >= 0.3 is 0 Å². The van der Waals surface area contributed by atoms with E-state index < -0.39 is 46.6 Å². The van der Waals surface area contributed by atoms with E-state index in [9.17, 15) is 24.5 Å². The summed E-state index contributed by atoms with van der Waals surface area (Å²) < 4.78 is 1.20. The van der Waals surface area contributed by atoms with Crippen LogP contribution in [0.25, 0.3) is 17.1 Å². The van der Waals surface area contributed by atoms with Crippen LogP contribution < -0.4 is 9.80 Å². The van der Waals surface area contributed by atoms with Crippen molar-refractivity contribution < 1.29 is 19.3 Å². The number of nitrogens with zero attached hydrogens (tertiary/aromatic N) is 6. The van der Waals surface area contributed by atoms with Gasteiger partial charge in [0.05, 0.1) is 34.0 Å². The van der Waals surface area contributed by atoms with Crippen LogP contribution in [0.3, 0.4) is 0 Å². The topological polar surface area (TPSA) is 132 Å². The van der Waals surface area contributed by atoms with Crippen LogP contribution in [0.15, 0.2) is 78.9 Å². The van der Waals surface area contributed by atoms with Crippen LogP contribution >= 0.6 is 0 Å². The second-order valence-corrected chi connectivity index (χ2v) is 9.43. The van der Waals surface area contributed by atoms with Crippen molar-refractivity contribution in [1.29, 1.82) is 0 Å². The standard InChI is InChI=1S/C27H18N6O5/c34-25-22-21-14-9-15-5-1-3-7-19(15)31(21)24(27(36)32-20-8-4-2-6-18(20)28-29-32)23(22)26(35)30(25)16-10-12-17(13-11-16)33(37)38/h1-14,21-24H/t21-,22+,23+,24-/m1/s1. The summed E-state index contributed by atoms with van der Waals surface area (Å²) in [7, 11) is 0. The summed E-state index contributed by atoms with van der Waals surface area (Å²) in [5.74, 6) is -3.27. The molecule has 11 heteroatoms. The van der Waals surface area contributed by atoms with Gasteiger partial charge in [0.15, 0.2) is 0 Å². The maximum absolute atomic E-state index is 14.2. The first-order valence-corrected chi connectivity index (χ1v) is 12.0. The lowest BCUT2D eigenvalue weighted by atomic mass is 9.88. The number of nitro benzene ring substituents is 1. The van der Waals surface area contributed by atoms with Gasteiger partial charge in [-0.15, -0.1) is 5.10 Å². The molecule has 4 aromatic rings. The molecule has 3 aliphatic rings. The second kappa shape index (κ2) is 7.90. The lowest BCUT2D eigenvalue weighted by molar-refractivity contribution is -0.384. The summed E-state index contributed by atoms with van der Waals surface area (Å²) in [6, 6.07) is 18.2. The zero-order chi connectivity index (χ0) is 26.1. The second-order valence-electron chi connectivity index (χ2n) is 9.43. The molecule has 0 unspecified atom stereocenters. The van der Waals surface area contributed by atoms with Crippen LogP contribution in [0.1, 0.15) is 10.4 Å². The molecule has 0 radical (unpaired) electrons. The summed E-state index contributed by atoms with van der Waals surface area (Å²) >= 11 is 0. The van der Waals surface area contributed by atoms with Crippen LogP contribution in [-0.2, 0) is 9.59 Å². The van der Waals surface area contributed by atoms with Crippen molar-refractivity contribution in [3.8, 4) is 0 Å². The van der Waals surface area contributed by atoms with Crippen molar-refractivity contribution in [1.82, 2.24) is 15.0 Å². The molecule has 3 aliphatic heterocycles. The van der Waals surface area contributed by atoms with Gasteiger partial charge in [-0.2, -0.15) is 4.68 Å². The van der Waals surface area contributed by atoms with Gasteiger partial charge in [-0.3, -0.25) is 24.5 Å². The van der Waals surface area contributed by atoms with Crippen molar-refractivity contribution >= 4 is 51.9 Å². The Bertz CT molecular complexity index is 1710.